The number of benzene rings is 2. The number of ether oxygens (including phenoxy) is 2. The molecule has 0 bridgehead atoms. The van der Waals surface area contributed by atoms with Crippen LogP contribution >= 0.6 is 0 Å². The SMILES string of the molecule is CNC(=O)c1ccc(/C=C/C(=O)N(Cc2cc(OC)ccc2OC)C2CC2)cc1. The van der Waals surface area contributed by atoms with Gasteiger partial charge in [-0.25, -0.2) is 0 Å². The summed E-state index contributed by atoms with van der Waals surface area (Å²) in [5.41, 5.74) is 2.36. The summed E-state index contributed by atoms with van der Waals surface area (Å²) in [7, 11) is 4.84. The molecule has 0 radical (unpaired) electrons. The van der Waals surface area contributed by atoms with Gasteiger partial charge in [-0.05, 0) is 54.8 Å². The molecule has 0 saturated heterocycles. The predicted octanol–water partition coefficient (Wildman–Crippen LogP) is 3.27. The molecule has 3 rings (SSSR count). The highest BCUT2D eigenvalue weighted by atomic mass is 16.5. The van der Waals surface area contributed by atoms with Gasteiger partial charge in [-0.2, -0.15) is 0 Å². The van der Waals surface area contributed by atoms with E-state index in [-0.39, 0.29) is 17.9 Å². The van der Waals surface area contributed by atoms with E-state index in [4.69, 9.17) is 9.47 Å². The van der Waals surface area contributed by atoms with Gasteiger partial charge in [0.25, 0.3) is 5.91 Å². The lowest BCUT2D eigenvalue weighted by molar-refractivity contribution is -0.127. The van der Waals surface area contributed by atoms with Gasteiger partial charge in [0.15, 0.2) is 0 Å². The second-order valence-corrected chi connectivity index (χ2v) is 6.91. The largest absolute Gasteiger partial charge is 0.497 e. The molecule has 1 aliphatic carbocycles. The Labute approximate surface area is 171 Å². The van der Waals surface area contributed by atoms with Crippen molar-refractivity contribution in [2.75, 3.05) is 21.3 Å². The minimum atomic E-state index is -0.135. The van der Waals surface area contributed by atoms with Gasteiger partial charge >= 0.3 is 0 Å². The van der Waals surface area contributed by atoms with Crippen LogP contribution in [0.2, 0.25) is 0 Å². The number of nitrogens with one attached hydrogen (secondary N) is 1. The Morgan fingerprint density at radius 3 is 2.41 bits per heavy atom. The van der Waals surface area contributed by atoms with Gasteiger partial charge in [-0.15, -0.1) is 0 Å². The maximum absolute atomic E-state index is 12.9. The van der Waals surface area contributed by atoms with Crippen molar-refractivity contribution in [1.82, 2.24) is 10.2 Å². The second kappa shape index (κ2) is 9.28. The summed E-state index contributed by atoms with van der Waals surface area (Å²) in [5, 5.41) is 2.59. The standard InChI is InChI=1S/C23H26N2O4/c1-24-23(27)17-7-4-16(5-8-17)6-13-22(26)25(19-9-10-19)15-18-14-20(28-2)11-12-21(18)29-3/h4-8,11-14,19H,9-10,15H2,1-3H3,(H,24,27)/b13-6+. The topological polar surface area (TPSA) is 67.9 Å². The lowest BCUT2D eigenvalue weighted by Gasteiger charge is -2.22. The number of carbonyl (C=O) groups is 2. The lowest BCUT2D eigenvalue weighted by Crippen LogP contribution is -2.31. The van der Waals surface area contributed by atoms with Crippen LogP contribution in [-0.4, -0.2) is 44.0 Å². The third-order valence-corrected chi connectivity index (χ3v) is 4.92. The number of nitrogens with zero attached hydrogens (tertiary/aromatic N) is 1. The van der Waals surface area contributed by atoms with Crippen molar-refractivity contribution in [2.24, 2.45) is 0 Å². The molecule has 152 valence electrons. The first kappa shape index (κ1) is 20.5. The van der Waals surface area contributed by atoms with Gasteiger partial charge in [0, 0.05) is 30.3 Å². The highest BCUT2D eigenvalue weighted by molar-refractivity contribution is 5.95. The Balaban J connectivity index is 1.74. The van der Waals surface area contributed by atoms with Crippen LogP contribution in [-0.2, 0) is 11.3 Å². The summed E-state index contributed by atoms with van der Waals surface area (Å²) in [6, 6.07) is 13.0. The van der Waals surface area contributed by atoms with Gasteiger partial charge in [0.1, 0.15) is 11.5 Å². The Bertz CT molecular complexity index is 902. The van der Waals surface area contributed by atoms with Crippen LogP contribution in [0.15, 0.2) is 48.5 Å². The van der Waals surface area contributed by atoms with Crippen molar-refractivity contribution in [3.05, 3.63) is 65.2 Å². The first-order chi connectivity index (χ1) is 14.0. The van der Waals surface area contributed by atoms with Crippen LogP contribution in [0.1, 0.15) is 34.3 Å². The average molecular weight is 394 g/mol. The molecule has 0 aromatic heterocycles. The molecule has 0 heterocycles. The fourth-order valence-corrected chi connectivity index (χ4v) is 3.12. The molecule has 1 fully saturated rings. The summed E-state index contributed by atoms with van der Waals surface area (Å²) in [6.07, 6.45) is 5.37. The molecular weight excluding hydrogens is 368 g/mol. The van der Waals surface area contributed by atoms with Crippen LogP contribution < -0.4 is 14.8 Å². The number of amides is 2. The number of methoxy groups -OCH3 is 2. The van der Waals surface area contributed by atoms with Crippen molar-refractivity contribution in [1.29, 1.82) is 0 Å². The molecule has 2 aromatic rings. The molecule has 2 amide bonds. The highest BCUT2D eigenvalue weighted by Gasteiger charge is 2.32. The summed E-state index contributed by atoms with van der Waals surface area (Å²) >= 11 is 0. The summed E-state index contributed by atoms with van der Waals surface area (Å²) < 4.78 is 10.8. The third kappa shape index (κ3) is 5.16. The van der Waals surface area contributed by atoms with E-state index in [1.54, 1.807) is 45.6 Å². The third-order valence-electron chi connectivity index (χ3n) is 4.92. The monoisotopic (exact) mass is 394 g/mol. The van der Waals surface area contributed by atoms with Gasteiger partial charge in [-0.1, -0.05) is 12.1 Å². The molecule has 6 heteroatoms. The Hall–Kier alpha value is -3.28. The second-order valence-electron chi connectivity index (χ2n) is 6.91. The molecule has 1 N–H and O–H groups in total. The summed E-state index contributed by atoms with van der Waals surface area (Å²) in [6.45, 7) is 0.462. The van der Waals surface area contributed by atoms with Crippen molar-refractivity contribution < 1.29 is 19.1 Å². The maximum atomic E-state index is 12.9. The number of carbonyl (C=O) groups excluding carboxylic acids is 2. The van der Waals surface area contributed by atoms with Crippen molar-refractivity contribution in [3.63, 3.8) is 0 Å². The molecule has 6 nitrogen and oxygen atoms in total. The zero-order valence-electron chi connectivity index (χ0n) is 17.0. The van der Waals surface area contributed by atoms with Crippen LogP contribution in [0, 0.1) is 0 Å². The fraction of sp³-hybridized carbons (Fsp3) is 0.304. The Kier molecular flexibility index (Phi) is 6.54. The van der Waals surface area contributed by atoms with Gasteiger partial charge in [-0.3, -0.25) is 9.59 Å². The lowest BCUT2D eigenvalue weighted by atomic mass is 10.1. The van der Waals surface area contributed by atoms with E-state index in [0.29, 0.717) is 12.1 Å². The van der Waals surface area contributed by atoms with Gasteiger partial charge < -0.3 is 19.7 Å². The van der Waals surface area contributed by atoms with E-state index < -0.39 is 0 Å². The molecule has 1 aliphatic rings. The van der Waals surface area contributed by atoms with E-state index in [1.807, 2.05) is 35.2 Å². The summed E-state index contributed by atoms with van der Waals surface area (Å²) in [5.74, 6) is 1.28. The molecular formula is C23H26N2O4. The average Bonchev–Trinajstić information content (AvgIpc) is 3.60. The van der Waals surface area contributed by atoms with E-state index in [1.165, 1.54) is 0 Å². The fourth-order valence-electron chi connectivity index (χ4n) is 3.12. The quantitative estimate of drug-likeness (QED) is 0.698. The molecule has 0 spiro atoms. The maximum Gasteiger partial charge on any atom is 0.251 e. The number of hydrogen-bond acceptors (Lipinski definition) is 4. The minimum Gasteiger partial charge on any atom is -0.497 e. The highest BCUT2D eigenvalue weighted by Crippen LogP contribution is 2.32. The molecule has 2 aromatic carbocycles. The molecule has 29 heavy (non-hydrogen) atoms. The zero-order chi connectivity index (χ0) is 20.8. The Morgan fingerprint density at radius 1 is 1.10 bits per heavy atom. The minimum absolute atomic E-state index is 0.0484. The van der Waals surface area contributed by atoms with Crippen LogP contribution in [0.3, 0.4) is 0 Å². The first-order valence-corrected chi connectivity index (χ1v) is 9.57. The van der Waals surface area contributed by atoms with Crippen molar-refractivity contribution in [2.45, 2.75) is 25.4 Å². The van der Waals surface area contributed by atoms with Crippen LogP contribution in [0.5, 0.6) is 11.5 Å². The van der Waals surface area contributed by atoms with E-state index in [2.05, 4.69) is 5.32 Å². The van der Waals surface area contributed by atoms with Crippen LogP contribution in [0.25, 0.3) is 6.08 Å². The number of hydrogen-bond donors (Lipinski definition) is 1. The normalized spacial score (nSPS) is 13.2. The molecule has 0 aliphatic heterocycles. The number of rotatable bonds is 8. The molecule has 0 atom stereocenters. The van der Waals surface area contributed by atoms with E-state index in [9.17, 15) is 9.59 Å². The van der Waals surface area contributed by atoms with Crippen LogP contribution in [0.4, 0.5) is 0 Å². The van der Waals surface area contributed by atoms with E-state index >= 15 is 0 Å². The zero-order valence-corrected chi connectivity index (χ0v) is 17.0. The predicted molar refractivity (Wildman–Crippen MR) is 112 cm³/mol. The van der Waals surface area contributed by atoms with Gasteiger partial charge in [0.05, 0.1) is 20.8 Å². The summed E-state index contributed by atoms with van der Waals surface area (Å²) in [4.78, 5) is 26.4. The first-order valence-electron chi connectivity index (χ1n) is 9.57. The molecule has 1 saturated carbocycles. The smallest absolute Gasteiger partial charge is 0.251 e. The van der Waals surface area contributed by atoms with Gasteiger partial charge in [0.2, 0.25) is 5.91 Å². The molecule has 0 unspecified atom stereocenters. The van der Waals surface area contributed by atoms with Crippen molar-refractivity contribution >= 4 is 17.9 Å². The Morgan fingerprint density at radius 2 is 1.83 bits per heavy atom. The van der Waals surface area contributed by atoms with Crippen molar-refractivity contribution in [3.8, 4) is 11.5 Å². The van der Waals surface area contributed by atoms with E-state index in [0.717, 1.165) is 35.5 Å².